The first-order valence-electron chi connectivity index (χ1n) is 8.30. The molecule has 1 N–H and O–H groups in total. The largest absolute Gasteiger partial charge is 0.355 e. The molecule has 1 amide bonds. The van der Waals surface area contributed by atoms with Crippen LogP contribution in [0.15, 0.2) is 47.0 Å². The fourth-order valence-corrected chi connectivity index (χ4v) is 3.18. The number of nitrogens with zero attached hydrogens (tertiary/aromatic N) is 2. The number of fused-ring (bicyclic) bond motifs is 1. The SMILES string of the molecule is C[C@@H]1CN(C(=O)c2ccc3noc(-c4ccc(F)cc4)c3c2)CCN1. The van der Waals surface area contributed by atoms with Crippen molar-refractivity contribution >= 4 is 16.8 Å². The topological polar surface area (TPSA) is 58.4 Å². The van der Waals surface area contributed by atoms with Gasteiger partial charge in [-0.25, -0.2) is 4.39 Å². The minimum absolute atomic E-state index is 0.00139. The van der Waals surface area contributed by atoms with E-state index in [-0.39, 0.29) is 17.8 Å². The lowest BCUT2D eigenvalue weighted by Crippen LogP contribution is -2.51. The second-order valence-corrected chi connectivity index (χ2v) is 6.36. The van der Waals surface area contributed by atoms with Crippen LogP contribution in [-0.2, 0) is 0 Å². The van der Waals surface area contributed by atoms with E-state index in [1.807, 2.05) is 4.90 Å². The zero-order chi connectivity index (χ0) is 17.4. The number of carbonyl (C=O) groups is 1. The van der Waals surface area contributed by atoms with Crippen molar-refractivity contribution in [3.8, 4) is 11.3 Å². The van der Waals surface area contributed by atoms with Crippen LogP contribution in [0.5, 0.6) is 0 Å². The van der Waals surface area contributed by atoms with Gasteiger partial charge in [-0.1, -0.05) is 5.16 Å². The van der Waals surface area contributed by atoms with Crippen LogP contribution in [0.2, 0.25) is 0 Å². The number of piperazine rings is 1. The van der Waals surface area contributed by atoms with Crippen molar-refractivity contribution < 1.29 is 13.7 Å². The molecule has 1 saturated heterocycles. The summed E-state index contributed by atoms with van der Waals surface area (Å²) in [6, 6.07) is 11.7. The molecule has 0 radical (unpaired) electrons. The molecule has 2 heterocycles. The van der Waals surface area contributed by atoms with Gasteiger partial charge in [0.25, 0.3) is 5.91 Å². The molecule has 1 aromatic heterocycles. The summed E-state index contributed by atoms with van der Waals surface area (Å²) >= 11 is 0. The summed E-state index contributed by atoms with van der Waals surface area (Å²) in [5.41, 5.74) is 2.00. The van der Waals surface area contributed by atoms with Crippen LogP contribution in [0.1, 0.15) is 17.3 Å². The first-order valence-corrected chi connectivity index (χ1v) is 8.30. The van der Waals surface area contributed by atoms with Gasteiger partial charge in [-0.05, 0) is 49.4 Å². The van der Waals surface area contributed by atoms with Crippen molar-refractivity contribution in [1.29, 1.82) is 0 Å². The zero-order valence-corrected chi connectivity index (χ0v) is 13.8. The number of nitrogens with one attached hydrogen (secondary N) is 1. The minimum Gasteiger partial charge on any atom is -0.355 e. The molecule has 6 heteroatoms. The molecule has 1 aliphatic heterocycles. The van der Waals surface area contributed by atoms with E-state index in [0.29, 0.717) is 29.9 Å². The van der Waals surface area contributed by atoms with Crippen LogP contribution >= 0.6 is 0 Å². The Bertz CT molecular complexity index is 920. The third-order valence-corrected chi connectivity index (χ3v) is 4.49. The van der Waals surface area contributed by atoms with E-state index >= 15 is 0 Å². The molecule has 1 aliphatic rings. The number of hydrogen-bond donors (Lipinski definition) is 1. The number of hydrogen-bond acceptors (Lipinski definition) is 4. The highest BCUT2D eigenvalue weighted by Crippen LogP contribution is 2.29. The van der Waals surface area contributed by atoms with E-state index in [1.54, 1.807) is 30.3 Å². The maximum Gasteiger partial charge on any atom is 0.253 e. The first-order chi connectivity index (χ1) is 12.1. The summed E-state index contributed by atoms with van der Waals surface area (Å²) in [6.07, 6.45) is 0. The van der Waals surface area contributed by atoms with Crippen molar-refractivity contribution in [2.24, 2.45) is 0 Å². The zero-order valence-electron chi connectivity index (χ0n) is 13.8. The third-order valence-electron chi connectivity index (χ3n) is 4.49. The predicted octanol–water partition coefficient (Wildman–Crippen LogP) is 3.07. The van der Waals surface area contributed by atoms with E-state index < -0.39 is 0 Å². The highest BCUT2D eigenvalue weighted by Gasteiger charge is 2.22. The van der Waals surface area contributed by atoms with Gasteiger partial charge in [0.2, 0.25) is 0 Å². The Labute approximate surface area is 144 Å². The second-order valence-electron chi connectivity index (χ2n) is 6.36. The van der Waals surface area contributed by atoms with Gasteiger partial charge in [-0.15, -0.1) is 0 Å². The van der Waals surface area contributed by atoms with E-state index in [0.717, 1.165) is 17.5 Å². The summed E-state index contributed by atoms with van der Waals surface area (Å²) in [5.74, 6) is 0.233. The third kappa shape index (κ3) is 3.00. The van der Waals surface area contributed by atoms with Gasteiger partial charge < -0.3 is 14.7 Å². The van der Waals surface area contributed by atoms with Crippen molar-refractivity contribution in [3.05, 3.63) is 53.8 Å². The number of benzene rings is 2. The molecule has 2 aromatic carbocycles. The Morgan fingerprint density at radius 2 is 2.08 bits per heavy atom. The molecule has 5 nitrogen and oxygen atoms in total. The van der Waals surface area contributed by atoms with Crippen LogP contribution in [0.3, 0.4) is 0 Å². The monoisotopic (exact) mass is 339 g/mol. The molecule has 0 bridgehead atoms. The fraction of sp³-hybridized carbons (Fsp3) is 0.263. The van der Waals surface area contributed by atoms with Gasteiger partial charge in [-0.3, -0.25) is 4.79 Å². The molecule has 4 rings (SSSR count). The van der Waals surface area contributed by atoms with Gasteiger partial charge in [0, 0.05) is 36.8 Å². The maximum atomic E-state index is 13.1. The highest BCUT2D eigenvalue weighted by atomic mass is 19.1. The quantitative estimate of drug-likeness (QED) is 0.779. The van der Waals surface area contributed by atoms with Crippen molar-refractivity contribution in [2.45, 2.75) is 13.0 Å². The Morgan fingerprint density at radius 3 is 2.84 bits per heavy atom. The van der Waals surface area contributed by atoms with E-state index in [9.17, 15) is 9.18 Å². The molecule has 0 saturated carbocycles. The summed E-state index contributed by atoms with van der Waals surface area (Å²) < 4.78 is 18.6. The first kappa shape index (κ1) is 15.8. The molecule has 1 atom stereocenters. The van der Waals surface area contributed by atoms with Gasteiger partial charge >= 0.3 is 0 Å². The standard InChI is InChI=1S/C19H18FN3O2/c1-12-11-23(9-8-21-12)19(24)14-4-7-17-16(10-14)18(25-22-17)13-2-5-15(20)6-3-13/h2-7,10,12,21H,8-9,11H2,1H3/t12-/m1/s1. The lowest BCUT2D eigenvalue weighted by molar-refractivity contribution is 0.0709. The van der Waals surface area contributed by atoms with Crippen LogP contribution < -0.4 is 5.32 Å². The number of halogens is 1. The Morgan fingerprint density at radius 1 is 1.28 bits per heavy atom. The summed E-state index contributed by atoms with van der Waals surface area (Å²) in [6.45, 7) is 4.24. The van der Waals surface area contributed by atoms with Gasteiger partial charge in [0.1, 0.15) is 11.3 Å². The van der Waals surface area contributed by atoms with E-state index in [4.69, 9.17) is 4.52 Å². The molecule has 25 heavy (non-hydrogen) atoms. The Balaban J connectivity index is 1.70. The van der Waals surface area contributed by atoms with Crippen LogP contribution in [0.25, 0.3) is 22.2 Å². The summed E-state index contributed by atoms with van der Waals surface area (Å²) in [4.78, 5) is 14.7. The molecule has 0 aliphatic carbocycles. The predicted molar refractivity (Wildman–Crippen MR) is 92.8 cm³/mol. The highest BCUT2D eigenvalue weighted by molar-refractivity contribution is 6.01. The Kier molecular flexibility index (Phi) is 3.97. The maximum absolute atomic E-state index is 13.1. The number of carbonyl (C=O) groups excluding carboxylic acids is 1. The molecule has 1 fully saturated rings. The van der Waals surface area contributed by atoms with Crippen molar-refractivity contribution in [3.63, 3.8) is 0 Å². The minimum atomic E-state index is -0.309. The normalized spacial score (nSPS) is 17.8. The average Bonchev–Trinajstić information content (AvgIpc) is 3.05. The number of aromatic nitrogens is 1. The van der Waals surface area contributed by atoms with E-state index in [2.05, 4.69) is 17.4 Å². The summed E-state index contributed by atoms with van der Waals surface area (Å²) in [5, 5.41) is 8.12. The molecular formula is C19H18FN3O2. The molecule has 0 unspecified atom stereocenters. The van der Waals surface area contributed by atoms with E-state index in [1.165, 1.54) is 12.1 Å². The number of amides is 1. The molecular weight excluding hydrogens is 321 g/mol. The molecule has 0 spiro atoms. The second kappa shape index (κ2) is 6.29. The van der Waals surface area contributed by atoms with Gasteiger partial charge in [-0.2, -0.15) is 0 Å². The Hall–Kier alpha value is -2.73. The summed E-state index contributed by atoms with van der Waals surface area (Å²) in [7, 11) is 0. The van der Waals surface area contributed by atoms with Crippen LogP contribution in [0, 0.1) is 5.82 Å². The van der Waals surface area contributed by atoms with Crippen molar-refractivity contribution in [2.75, 3.05) is 19.6 Å². The lowest BCUT2D eigenvalue weighted by Gasteiger charge is -2.32. The van der Waals surface area contributed by atoms with Gasteiger partial charge in [0.15, 0.2) is 5.76 Å². The van der Waals surface area contributed by atoms with Gasteiger partial charge in [0.05, 0.1) is 5.39 Å². The lowest BCUT2D eigenvalue weighted by atomic mass is 10.1. The van der Waals surface area contributed by atoms with Crippen LogP contribution in [0.4, 0.5) is 4.39 Å². The molecule has 3 aromatic rings. The van der Waals surface area contributed by atoms with Crippen LogP contribution in [-0.4, -0.2) is 41.6 Å². The smallest absolute Gasteiger partial charge is 0.253 e. The number of rotatable bonds is 2. The fourth-order valence-electron chi connectivity index (χ4n) is 3.18. The molecule has 128 valence electrons. The average molecular weight is 339 g/mol. The van der Waals surface area contributed by atoms with Crippen molar-refractivity contribution in [1.82, 2.24) is 15.4 Å².